The third kappa shape index (κ3) is 3.81. The van der Waals surface area contributed by atoms with E-state index in [9.17, 15) is 13.2 Å². The summed E-state index contributed by atoms with van der Waals surface area (Å²) in [6.07, 6.45) is 3.66. The molecule has 26 heavy (non-hydrogen) atoms. The monoisotopic (exact) mass is 378 g/mol. The summed E-state index contributed by atoms with van der Waals surface area (Å²) in [5.74, 6) is 0.588. The van der Waals surface area contributed by atoms with E-state index in [0.29, 0.717) is 36.7 Å². The third-order valence-electron chi connectivity index (χ3n) is 5.12. The fourth-order valence-corrected chi connectivity index (χ4v) is 5.76. The van der Waals surface area contributed by atoms with Crippen molar-refractivity contribution in [2.24, 2.45) is 0 Å². The predicted molar refractivity (Wildman–Crippen MR) is 99.8 cm³/mol. The summed E-state index contributed by atoms with van der Waals surface area (Å²) >= 11 is 0. The van der Waals surface area contributed by atoms with Crippen LogP contribution in [0, 0.1) is 13.8 Å². The molecule has 0 unspecified atom stereocenters. The van der Waals surface area contributed by atoms with Crippen LogP contribution in [0.3, 0.4) is 0 Å². The van der Waals surface area contributed by atoms with E-state index < -0.39 is 9.84 Å². The maximum absolute atomic E-state index is 13.1. The summed E-state index contributed by atoms with van der Waals surface area (Å²) in [4.78, 5) is 25.4. The summed E-state index contributed by atoms with van der Waals surface area (Å²) < 4.78 is 24.6. The van der Waals surface area contributed by atoms with Gasteiger partial charge in [0.2, 0.25) is 0 Å². The standard InChI is InChI=1S/C18H26N4O3S/c1-12(2)5-6-21-7-8-22(17-11-26(24,25)10-16(17)21)18(23)15-9-19-14(4)20-13(15)3/h5,9,16-17H,6-8,10-11H2,1-4H3/t16-,17+/m1/s1. The smallest absolute Gasteiger partial charge is 0.257 e. The number of hydrogen-bond acceptors (Lipinski definition) is 6. The van der Waals surface area contributed by atoms with Crippen LogP contribution >= 0.6 is 0 Å². The van der Waals surface area contributed by atoms with Gasteiger partial charge < -0.3 is 4.90 Å². The molecule has 0 aliphatic carbocycles. The van der Waals surface area contributed by atoms with Gasteiger partial charge in [0.15, 0.2) is 9.84 Å². The first kappa shape index (κ1) is 19.0. The van der Waals surface area contributed by atoms with E-state index in [-0.39, 0.29) is 29.5 Å². The molecule has 1 aromatic rings. The molecule has 3 heterocycles. The van der Waals surface area contributed by atoms with Gasteiger partial charge in [-0.25, -0.2) is 18.4 Å². The van der Waals surface area contributed by atoms with E-state index in [1.165, 1.54) is 5.57 Å². The number of hydrogen-bond donors (Lipinski definition) is 0. The van der Waals surface area contributed by atoms with Crippen molar-refractivity contribution >= 4 is 15.7 Å². The highest BCUT2D eigenvalue weighted by atomic mass is 32.2. The Hall–Kier alpha value is -1.80. The molecule has 3 rings (SSSR count). The van der Waals surface area contributed by atoms with E-state index in [2.05, 4.69) is 20.9 Å². The van der Waals surface area contributed by atoms with Crippen molar-refractivity contribution in [3.63, 3.8) is 0 Å². The van der Waals surface area contributed by atoms with Gasteiger partial charge in [0, 0.05) is 31.9 Å². The van der Waals surface area contributed by atoms with Crippen LogP contribution in [0.5, 0.6) is 0 Å². The van der Waals surface area contributed by atoms with E-state index in [1.807, 2.05) is 13.8 Å². The largest absolute Gasteiger partial charge is 0.332 e. The first-order valence-electron chi connectivity index (χ1n) is 8.87. The molecular weight excluding hydrogens is 352 g/mol. The molecule has 2 atom stereocenters. The first-order chi connectivity index (χ1) is 12.2. The summed E-state index contributed by atoms with van der Waals surface area (Å²) in [5.41, 5.74) is 2.29. The number of piperazine rings is 1. The van der Waals surface area contributed by atoms with Crippen molar-refractivity contribution in [2.75, 3.05) is 31.1 Å². The lowest BCUT2D eigenvalue weighted by molar-refractivity contribution is 0.0366. The third-order valence-corrected chi connectivity index (χ3v) is 6.81. The number of carbonyl (C=O) groups is 1. The lowest BCUT2D eigenvalue weighted by atomic mass is 10.0. The van der Waals surface area contributed by atoms with Crippen LogP contribution in [0.4, 0.5) is 0 Å². The van der Waals surface area contributed by atoms with Gasteiger partial charge in [-0.2, -0.15) is 0 Å². The number of amides is 1. The van der Waals surface area contributed by atoms with E-state index in [0.717, 1.165) is 0 Å². The van der Waals surface area contributed by atoms with Gasteiger partial charge >= 0.3 is 0 Å². The Kier molecular flexibility index (Phi) is 5.16. The molecule has 0 N–H and O–H groups in total. The topological polar surface area (TPSA) is 83.5 Å². The van der Waals surface area contributed by atoms with E-state index in [1.54, 1.807) is 24.9 Å². The van der Waals surface area contributed by atoms with E-state index >= 15 is 0 Å². The molecule has 0 spiro atoms. The molecule has 2 aliphatic heterocycles. The maximum Gasteiger partial charge on any atom is 0.257 e. The van der Waals surface area contributed by atoms with Gasteiger partial charge in [-0.15, -0.1) is 0 Å². The number of aromatic nitrogens is 2. The molecule has 2 aliphatic rings. The van der Waals surface area contributed by atoms with Crippen molar-refractivity contribution in [2.45, 2.75) is 39.8 Å². The zero-order chi connectivity index (χ0) is 19.1. The molecule has 8 heteroatoms. The second-order valence-electron chi connectivity index (χ2n) is 7.40. The molecule has 142 valence electrons. The predicted octanol–water partition coefficient (Wildman–Crippen LogP) is 0.983. The normalized spacial score (nSPS) is 25.0. The fourth-order valence-electron chi connectivity index (χ4n) is 3.75. The second kappa shape index (κ2) is 7.08. The minimum Gasteiger partial charge on any atom is -0.332 e. The average Bonchev–Trinajstić information content (AvgIpc) is 2.87. The Balaban J connectivity index is 1.88. The Morgan fingerprint density at radius 3 is 2.58 bits per heavy atom. The first-order valence-corrected chi connectivity index (χ1v) is 10.7. The van der Waals surface area contributed by atoms with Crippen molar-refractivity contribution in [1.82, 2.24) is 19.8 Å². The Labute approximate surface area is 155 Å². The summed E-state index contributed by atoms with van der Waals surface area (Å²) in [5, 5.41) is 0. The Morgan fingerprint density at radius 1 is 1.23 bits per heavy atom. The van der Waals surface area contributed by atoms with Crippen LogP contribution in [0.2, 0.25) is 0 Å². The number of aryl methyl sites for hydroxylation is 2. The quantitative estimate of drug-likeness (QED) is 0.729. The van der Waals surface area contributed by atoms with Crippen LogP contribution in [-0.4, -0.2) is 77.3 Å². The SMILES string of the molecule is CC(C)=CCN1CCN(C(=O)c2cnc(C)nc2C)[C@H]2CS(=O)(=O)C[C@H]21. The number of allylic oxidation sites excluding steroid dienone is 1. The van der Waals surface area contributed by atoms with Gasteiger partial charge in [-0.05, 0) is 27.7 Å². The molecule has 2 fully saturated rings. The van der Waals surface area contributed by atoms with Crippen molar-refractivity contribution in [3.05, 3.63) is 34.9 Å². The van der Waals surface area contributed by atoms with Crippen molar-refractivity contribution in [1.29, 1.82) is 0 Å². The van der Waals surface area contributed by atoms with Crippen LogP contribution in [0.1, 0.15) is 35.7 Å². The number of carbonyl (C=O) groups excluding carboxylic acids is 1. The van der Waals surface area contributed by atoms with Gasteiger partial charge in [0.25, 0.3) is 5.91 Å². The molecule has 1 aromatic heterocycles. The molecule has 2 saturated heterocycles. The lowest BCUT2D eigenvalue weighted by Crippen LogP contribution is -2.60. The molecule has 0 radical (unpaired) electrons. The maximum atomic E-state index is 13.1. The van der Waals surface area contributed by atoms with Crippen LogP contribution in [-0.2, 0) is 9.84 Å². The lowest BCUT2D eigenvalue weighted by Gasteiger charge is -2.43. The van der Waals surface area contributed by atoms with E-state index in [4.69, 9.17) is 0 Å². The van der Waals surface area contributed by atoms with Gasteiger partial charge in [0.1, 0.15) is 5.82 Å². The van der Waals surface area contributed by atoms with Gasteiger partial charge in [-0.3, -0.25) is 9.69 Å². The summed E-state index contributed by atoms with van der Waals surface area (Å²) in [6, 6.07) is -0.465. The number of fused-ring (bicyclic) bond motifs is 1. The minimum absolute atomic E-state index is 0.0283. The van der Waals surface area contributed by atoms with Crippen molar-refractivity contribution < 1.29 is 13.2 Å². The fraction of sp³-hybridized carbons (Fsp3) is 0.611. The van der Waals surface area contributed by atoms with Gasteiger partial charge in [-0.1, -0.05) is 11.6 Å². The van der Waals surface area contributed by atoms with Crippen LogP contribution in [0.25, 0.3) is 0 Å². The zero-order valence-corrected chi connectivity index (χ0v) is 16.6. The van der Waals surface area contributed by atoms with Crippen LogP contribution in [0.15, 0.2) is 17.8 Å². The molecular formula is C18H26N4O3S. The average molecular weight is 378 g/mol. The second-order valence-corrected chi connectivity index (χ2v) is 9.56. The molecule has 1 amide bonds. The highest BCUT2D eigenvalue weighted by molar-refractivity contribution is 7.91. The zero-order valence-electron chi connectivity index (χ0n) is 15.8. The number of nitrogens with zero attached hydrogens (tertiary/aromatic N) is 4. The molecule has 7 nitrogen and oxygen atoms in total. The highest BCUT2D eigenvalue weighted by Gasteiger charge is 2.48. The number of sulfone groups is 1. The molecule has 0 aromatic carbocycles. The Bertz CT molecular complexity index is 846. The van der Waals surface area contributed by atoms with Crippen LogP contribution < -0.4 is 0 Å². The molecule has 0 saturated carbocycles. The summed E-state index contributed by atoms with van der Waals surface area (Å²) in [7, 11) is -3.15. The number of rotatable bonds is 3. The van der Waals surface area contributed by atoms with Gasteiger partial charge in [0.05, 0.1) is 28.8 Å². The van der Waals surface area contributed by atoms with Crippen molar-refractivity contribution in [3.8, 4) is 0 Å². The minimum atomic E-state index is -3.15. The summed E-state index contributed by atoms with van der Waals surface area (Å²) in [6.45, 7) is 9.52. The Morgan fingerprint density at radius 2 is 1.92 bits per heavy atom. The highest BCUT2D eigenvalue weighted by Crippen LogP contribution is 2.28. The molecule has 0 bridgehead atoms.